The molecule has 108 valence electrons. The van der Waals surface area contributed by atoms with Crippen LogP contribution in [0.5, 0.6) is 0 Å². The maximum atomic E-state index is 5.19. The molecule has 0 aliphatic rings. The van der Waals surface area contributed by atoms with E-state index in [0.29, 0.717) is 5.92 Å². The van der Waals surface area contributed by atoms with Crippen molar-refractivity contribution in [2.24, 2.45) is 5.92 Å². The van der Waals surface area contributed by atoms with Gasteiger partial charge in [-0.25, -0.2) is 0 Å². The van der Waals surface area contributed by atoms with Crippen LogP contribution in [-0.2, 0) is 17.8 Å². The third kappa shape index (κ3) is 6.71. The van der Waals surface area contributed by atoms with Gasteiger partial charge >= 0.3 is 0 Å². The molecule has 0 aliphatic heterocycles. The minimum atomic E-state index is 0.681. The molecule has 0 heterocycles. The summed E-state index contributed by atoms with van der Waals surface area (Å²) in [6.07, 6.45) is 0. The Labute approximate surface area is 118 Å². The van der Waals surface area contributed by atoms with E-state index in [1.54, 1.807) is 7.11 Å². The molecule has 0 bridgehead atoms. The van der Waals surface area contributed by atoms with Crippen LogP contribution in [0.2, 0.25) is 0 Å². The predicted molar refractivity (Wildman–Crippen MR) is 81.2 cm³/mol. The lowest BCUT2D eigenvalue weighted by atomic mass is 10.1. The molecule has 0 aromatic heterocycles. The zero-order valence-electron chi connectivity index (χ0n) is 12.8. The van der Waals surface area contributed by atoms with Gasteiger partial charge in [-0.05, 0) is 24.1 Å². The largest absolute Gasteiger partial charge is 0.383 e. The van der Waals surface area contributed by atoms with Gasteiger partial charge in [0.15, 0.2) is 0 Å². The third-order valence-electron chi connectivity index (χ3n) is 3.05. The molecule has 0 aliphatic carbocycles. The summed E-state index contributed by atoms with van der Waals surface area (Å²) in [6, 6.07) is 8.87. The maximum Gasteiger partial charge on any atom is 0.0589 e. The Morgan fingerprint density at radius 3 is 2.32 bits per heavy atom. The molecule has 0 spiro atoms. The van der Waals surface area contributed by atoms with Crippen LogP contribution in [0.25, 0.3) is 0 Å². The molecule has 0 amide bonds. The van der Waals surface area contributed by atoms with Crippen molar-refractivity contribution in [2.75, 3.05) is 33.9 Å². The fourth-order valence-corrected chi connectivity index (χ4v) is 2.20. The van der Waals surface area contributed by atoms with Crippen molar-refractivity contribution in [3.63, 3.8) is 0 Å². The fourth-order valence-electron chi connectivity index (χ4n) is 2.20. The van der Waals surface area contributed by atoms with E-state index in [4.69, 9.17) is 4.74 Å². The Kier molecular flexibility index (Phi) is 7.72. The molecule has 0 unspecified atom stereocenters. The van der Waals surface area contributed by atoms with Gasteiger partial charge in [-0.3, -0.25) is 4.90 Å². The van der Waals surface area contributed by atoms with Gasteiger partial charge in [-0.2, -0.15) is 0 Å². The molecule has 0 radical (unpaired) electrons. The highest BCUT2D eigenvalue weighted by Crippen LogP contribution is 2.09. The minimum absolute atomic E-state index is 0.681. The van der Waals surface area contributed by atoms with E-state index >= 15 is 0 Å². The van der Waals surface area contributed by atoms with Crippen LogP contribution in [0.3, 0.4) is 0 Å². The lowest BCUT2D eigenvalue weighted by Gasteiger charge is -2.24. The molecule has 1 aromatic carbocycles. The smallest absolute Gasteiger partial charge is 0.0589 e. The quantitative estimate of drug-likeness (QED) is 0.742. The van der Waals surface area contributed by atoms with Crippen LogP contribution in [0.15, 0.2) is 24.3 Å². The lowest BCUT2D eigenvalue weighted by Crippen LogP contribution is -2.30. The second-order valence-electron chi connectivity index (χ2n) is 5.47. The van der Waals surface area contributed by atoms with E-state index < -0.39 is 0 Å². The average Bonchev–Trinajstić information content (AvgIpc) is 2.38. The molecule has 3 nitrogen and oxygen atoms in total. The average molecular weight is 264 g/mol. The van der Waals surface area contributed by atoms with Crippen LogP contribution in [0, 0.1) is 5.92 Å². The Bertz CT molecular complexity index is 335. The molecule has 1 aromatic rings. The second kappa shape index (κ2) is 9.08. The van der Waals surface area contributed by atoms with E-state index in [2.05, 4.69) is 48.3 Å². The van der Waals surface area contributed by atoms with Gasteiger partial charge in [0.25, 0.3) is 0 Å². The van der Waals surface area contributed by atoms with Gasteiger partial charge in [0.2, 0.25) is 0 Å². The molecule has 19 heavy (non-hydrogen) atoms. The molecule has 0 saturated carbocycles. The summed E-state index contributed by atoms with van der Waals surface area (Å²) in [7, 11) is 3.74. The normalized spacial score (nSPS) is 11.5. The summed E-state index contributed by atoms with van der Waals surface area (Å²) in [4.78, 5) is 2.46. The number of rotatable bonds is 9. The van der Waals surface area contributed by atoms with E-state index in [-0.39, 0.29) is 0 Å². The van der Waals surface area contributed by atoms with E-state index in [0.717, 1.165) is 32.8 Å². The Hall–Kier alpha value is -0.900. The number of methoxy groups -OCH3 is 1. The summed E-state index contributed by atoms with van der Waals surface area (Å²) in [5.41, 5.74) is 2.70. The number of nitrogens with one attached hydrogen (secondary N) is 1. The summed E-state index contributed by atoms with van der Waals surface area (Å²) >= 11 is 0. The van der Waals surface area contributed by atoms with Gasteiger partial charge in [0.1, 0.15) is 0 Å². The van der Waals surface area contributed by atoms with Crippen molar-refractivity contribution >= 4 is 0 Å². The number of nitrogens with zero attached hydrogens (tertiary/aromatic N) is 1. The molecular formula is C16H28N2O. The van der Waals surface area contributed by atoms with Crippen molar-refractivity contribution in [3.8, 4) is 0 Å². The first kappa shape index (κ1) is 16.2. The van der Waals surface area contributed by atoms with Crippen LogP contribution in [-0.4, -0.2) is 38.8 Å². The molecule has 0 saturated heterocycles. The summed E-state index contributed by atoms with van der Waals surface area (Å²) in [5, 5.41) is 3.17. The Balaban J connectivity index is 2.56. The van der Waals surface area contributed by atoms with E-state index in [9.17, 15) is 0 Å². The number of benzene rings is 1. The number of hydrogen-bond donors (Lipinski definition) is 1. The van der Waals surface area contributed by atoms with Gasteiger partial charge in [0.05, 0.1) is 6.61 Å². The second-order valence-corrected chi connectivity index (χ2v) is 5.47. The first-order valence-corrected chi connectivity index (χ1v) is 7.09. The Morgan fingerprint density at radius 1 is 1.16 bits per heavy atom. The number of ether oxygens (including phenoxy) is 1. The summed E-state index contributed by atoms with van der Waals surface area (Å²) in [5.74, 6) is 0.681. The zero-order valence-corrected chi connectivity index (χ0v) is 12.8. The fraction of sp³-hybridized carbons (Fsp3) is 0.625. The van der Waals surface area contributed by atoms with Crippen LogP contribution >= 0.6 is 0 Å². The molecule has 3 heteroatoms. The monoisotopic (exact) mass is 264 g/mol. The SMILES string of the molecule is CNCc1ccc(CN(CCOC)CC(C)C)cc1. The van der Waals surface area contributed by atoms with Crippen LogP contribution < -0.4 is 5.32 Å². The molecule has 0 fully saturated rings. The van der Waals surface area contributed by atoms with Crippen molar-refractivity contribution in [1.29, 1.82) is 0 Å². The lowest BCUT2D eigenvalue weighted by molar-refractivity contribution is 0.136. The van der Waals surface area contributed by atoms with Crippen molar-refractivity contribution in [2.45, 2.75) is 26.9 Å². The predicted octanol–water partition coefficient (Wildman–Crippen LogP) is 2.51. The first-order chi connectivity index (χ1) is 9.15. The van der Waals surface area contributed by atoms with Gasteiger partial charge in [0, 0.05) is 33.3 Å². The third-order valence-corrected chi connectivity index (χ3v) is 3.05. The first-order valence-electron chi connectivity index (χ1n) is 7.09. The Morgan fingerprint density at radius 2 is 1.79 bits per heavy atom. The van der Waals surface area contributed by atoms with Crippen molar-refractivity contribution < 1.29 is 4.74 Å². The van der Waals surface area contributed by atoms with Crippen molar-refractivity contribution in [1.82, 2.24) is 10.2 Å². The van der Waals surface area contributed by atoms with E-state index in [1.165, 1.54) is 11.1 Å². The van der Waals surface area contributed by atoms with Gasteiger partial charge < -0.3 is 10.1 Å². The highest BCUT2D eigenvalue weighted by molar-refractivity contribution is 5.22. The number of hydrogen-bond acceptors (Lipinski definition) is 3. The van der Waals surface area contributed by atoms with Gasteiger partial charge in [-0.15, -0.1) is 0 Å². The molecule has 1 N–H and O–H groups in total. The van der Waals surface area contributed by atoms with Crippen LogP contribution in [0.1, 0.15) is 25.0 Å². The van der Waals surface area contributed by atoms with Gasteiger partial charge in [-0.1, -0.05) is 38.1 Å². The van der Waals surface area contributed by atoms with Crippen molar-refractivity contribution in [3.05, 3.63) is 35.4 Å². The zero-order chi connectivity index (χ0) is 14.1. The summed E-state index contributed by atoms with van der Waals surface area (Å²) in [6.45, 7) is 9.35. The molecule has 1 rings (SSSR count). The van der Waals surface area contributed by atoms with E-state index in [1.807, 2.05) is 7.05 Å². The van der Waals surface area contributed by atoms with Crippen LogP contribution in [0.4, 0.5) is 0 Å². The topological polar surface area (TPSA) is 24.5 Å². The standard InChI is InChI=1S/C16H28N2O/c1-14(2)12-18(9-10-19-4)13-16-7-5-15(6-8-16)11-17-3/h5-8,14,17H,9-13H2,1-4H3. The molecule has 0 atom stereocenters. The molecular weight excluding hydrogens is 236 g/mol. The summed E-state index contributed by atoms with van der Waals surface area (Å²) < 4.78 is 5.19. The highest BCUT2D eigenvalue weighted by atomic mass is 16.5. The highest BCUT2D eigenvalue weighted by Gasteiger charge is 2.08. The minimum Gasteiger partial charge on any atom is -0.383 e. The maximum absolute atomic E-state index is 5.19.